The zero-order valence-electron chi connectivity index (χ0n) is 14.7. The molecule has 0 bridgehead atoms. The van der Waals surface area contributed by atoms with Crippen molar-refractivity contribution in [3.63, 3.8) is 0 Å². The number of nitrogens with zero attached hydrogens (tertiary/aromatic N) is 2. The van der Waals surface area contributed by atoms with Gasteiger partial charge < -0.3 is 9.84 Å². The van der Waals surface area contributed by atoms with Gasteiger partial charge in [-0.25, -0.2) is 17.5 Å². The smallest absolute Gasteiger partial charge is 0.410 e. The standard InChI is InChI=1S/C17H24N2O6S/c1-2-26(23,24)18-10-8-15(9-11-18)19(12-16(20)21)17(22)25-13-14-6-4-3-5-7-14/h3-7,15H,2,8-13H2,1H3,(H,20,21). The van der Waals surface area contributed by atoms with Crippen LogP contribution in [0.15, 0.2) is 30.3 Å². The summed E-state index contributed by atoms with van der Waals surface area (Å²) in [6.45, 7) is 1.70. The summed E-state index contributed by atoms with van der Waals surface area (Å²) in [4.78, 5) is 24.7. The number of carbonyl (C=O) groups excluding carboxylic acids is 1. The van der Waals surface area contributed by atoms with Crippen LogP contribution in [0.4, 0.5) is 4.79 Å². The number of rotatable bonds is 7. The Labute approximate surface area is 153 Å². The first-order valence-corrected chi connectivity index (χ1v) is 10.1. The van der Waals surface area contributed by atoms with Crippen LogP contribution in [-0.2, 0) is 26.2 Å². The SMILES string of the molecule is CCS(=O)(=O)N1CCC(N(CC(=O)O)C(=O)OCc2ccccc2)CC1. The number of sulfonamides is 1. The van der Waals surface area contributed by atoms with Gasteiger partial charge in [0.2, 0.25) is 10.0 Å². The molecule has 0 aliphatic carbocycles. The van der Waals surface area contributed by atoms with Gasteiger partial charge in [-0.3, -0.25) is 9.69 Å². The number of benzene rings is 1. The summed E-state index contributed by atoms with van der Waals surface area (Å²) >= 11 is 0. The summed E-state index contributed by atoms with van der Waals surface area (Å²) in [6.07, 6.45) is 0.0629. The molecule has 1 fully saturated rings. The zero-order valence-corrected chi connectivity index (χ0v) is 15.5. The average Bonchev–Trinajstić information content (AvgIpc) is 2.65. The molecule has 1 saturated heterocycles. The van der Waals surface area contributed by atoms with Crippen molar-refractivity contribution in [1.82, 2.24) is 9.21 Å². The average molecular weight is 384 g/mol. The molecule has 1 aromatic carbocycles. The highest BCUT2D eigenvalue weighted by Crippen LogP contribution is 2.20. The molecule has 0 atom stereocenters. The van der Waals surface area contributed by atoms with Crippen LogP contribution in [0, 0.1) is 0 Å². The van der Waals surface area contributed by atoms with Gasteiger partial charge in [-0.2, -0.15) is 0 Å². The predicted octanol–water partition coefficient (Wildman–Crippen LogP) is 1.52. The van der Waals surface area contributed by atoms with Crippen LogP contribution in [0.3, 0.4) is 0 Å². The third-order valence-corrected chi connectivity index (χ3v) is 6.25. The third-order valence-electron chi connectivity index (χ3n) is 4.37. The molecule has 2 rings (SSSR count). The van der Waals surface area contributed by atoms with Gasteiger partial charge in [0.05, 0.1) is 5.75 Å². The van der Waals surface area contributed by atoms with Gasteiger partial charge in [0, 0.05) is 19.1 Å². The minimum atomic E-state index is -3.28. The number of hydrogen-bond donors (Lipinski definition) is 1. The van der Waals surface area contributed by atoms with E-state index in [1.807, 2.05) is 30.3 Å². The lowest BCUT2D eigenvalue weighted by atomic mass is 10.1. The van der Waals surface area contributed by atoms with Gasteiger partial charge >= 0.3 is 12.1 Å². The molecule has 1 amide bonds. The molecule has 1 aliphatic rings. The molecule has 144 valence electrons. The van der Waals surface area contributed by atoms with E-state index in [1.165, 1.54) is 9.21 Å². The molecule has 1 aromatic rings. The van der Waals surface area contributed by atoms with Crippen LogP contribution < -0.4 is 0 Å². The van der Waals surface area contributed by atoms with Gasteiger partial charge in [-0.05, 0) is 25.3 Å². The highest BCUT2D eigenvalue weighted by molar-refractivity contribution is 7.89. The maximum absolute atomic E-state index is 12.4. The van der Waals surface area contributed by atoms with Crippen molar-refractivity contribution in [2.24, 2.45) is 0 Å². The van der Waals surface area contributed by atoms with Crippen LogP contribution in [0.2, 0.25) is 0 Å². The highest BCUT2D eigenvalue weighted by Gasteiger charge is 2.33. The van der Waals surface area contributed by atoms with E-state index in [-0.39, 0.29) is 31.5 Å². The van der Waals surface area contributed by atoms with Crippen LogP contribution in [0.25, 0.3) is 0 Å². The molecule has 1 heterocycles. The summed E-state index contributed by atoms with van der Waals surface area (Å²) in [6, 6.07) is 8.74. The van der Waals surface area contributed by atoms with Crippen LogP contribution in [0.1, 0.15) is 25.3 Å². The molecule has 1 aliphatic heterocycles. The molecule has 0 spiro atoms. The monoisotopic (exact) mass is 384 g/mol. The lowest BCUT2D eigenvalue weighted by Gasteiger charge is -2.36. The molecular weight excluding hydrogens is 360 g/mol. The van der Waals surface area contributed by atoms with E-state index < -0.39 is 28.6 Å². The van der Waals surface area contributed by atoms with Gasteiger partial charge in [0.15, 0.2) is 0 Å². The third kappa shape index (κ3) is 5.43. The van der Waals surface area contributed by atoms with Crippen molar-refractivity contribution in [3.8, 4) is 0 Å². The Balaban J connectivity index is 1.98. The highest BCUT2D eigenvalue weighted by atomic mass is 32.2. The second-order valence-corrected chi connectivity index (χ2v) is 8.35. The Kier molecular flexibility index (Phi) is 6.98. The summed E-state index contributed by atoms with van der Waals surface area (Å²) in [5.41, 5.74) is 0.806. The molecule has 0 saturated carbocycles. The van der Waals surface area contributed by atoms with E-state index in [0.717, 1.165) is 5.56 Å². The number of piperidine rings is 1. The van der Waals surface area contributed by atoms with E-state index in [0.29, 0.717) is 12.8 Å². The van der Waals surface area contributed by atoms with E-state index >= 15 is 0 Å². The first kappa shape index (κ1) is 20.2. The van der Waals surface area contributed by atoms with Crippen LogP contribution in [0.5, 0.6) is 0 Å². The minimum absolute atomic E-state index is 0.0234. The number of hydrogen-bond acceptors (Lipinski definition) is 5. The first-order valence-electron chi connectivity index (χ1n) is 8.50. The second-order valence-electron chi connectivity index (χ2n) is 6.09. The Morgan fingerprint density at radius 1 is 1.23 bits per heavy atom. The Morgan fingerprint density at radius 3 is 2.38 bits per heavy atom. The predicted molar refractivity (Wildman–Crippen MR) is 95.0 cm³/mol. The molecule has 1 N–H and O–H groups in total. The Hall–Kier alpha value is -2.13. The zero-order chi connectivity index (χ0) is 19.2. The molecule has 0 radical (unpaired) electrons. The van der Waals surface area contributed by atoms with Crippen molar-refractivity contribution in [2.75, 3.05) is 25.4 Å². The van der Waals surface area contributed by atoms with Gasteiger partial charge in [-0.15, -0.1) is 0 Å². The van der Waals surface area contributed by atoms with Crippen molar-refractivity contribution in [1.29, 1.82) is 0 Å². The molecular formula is C17H24N2O6S. The van der Waals surface area contributed by atoms with Crippen LogP contribution >= 0.6 is 0 Å². The maximum Gasteiger partial charge on any atom is 0.410 e. The topological polar surface area (TPSA) is 104 Å². The molecule has 26 heavy (non-hydrogen) atoms. The molecule has 9 heteroatoms. The minimum Gasteiger partial charge on any atom is -0.480 e. The fraction of sp³-hybridized carbons (Fsp3) is 0.529. The van der Waals surface area contributed by atoms with E-state index in [2.05, 4.69) is 0 Å². The lowest BCUT2D eigenvalue weighted by Crippen LogP contribution is -2.50. The number of aliphatic carboxylic acids is 1. The molecule has 0 aromatic heterocycles. The van der Waals surface area contributed by atoms with E-state index in [1.54, 1.807) is 6.92 Å². The maximum atomic E-state index is 12.4. The second kappa shape index (κ2) is 9.00. The summed E-state index contributed by atoms with van der Waals surface area (Å²) in [7, 11) is -3.28. The molecule has 8 nitrogen and oxygen atoms in total. The summed E-state index contributed by atoms with van der Waals surface area (Å²) < 4.78 is 30.5. The van der Waals surface area contributed by atoms with Gasteiger partial charge in [0.25, 0.3) is 0 Å². The van der Waals surface area contributed by atoms with E-state index in [4.69, 9.17) is 9.84 Å². The Morgan fingerprint density at radius 2 is 1.85 bits per heavy atom. The number of carbonyl (C=O) groups is 2. The fourth-order valence-electron chi connectivity index (χ4n) is 2.91. The van der Waals surface area contributed by atoms with Crippen molar-refractivity contribution >= 4 is 22.1 Å². The van der Waals surface area contributed by atoms with Crippen molar-refractivity contribution in [3.05, 3.63) is 35.9 Å². The van der Waals surface area contributed by atoms with Crippen molar-refractivity contribution in [2.45, 2.75) is 32.4 Å². The van der Waals surface area contributed by atoms with Gasteiger partial charge in [0.1, 0.15) is 13.2 Å². The number of carboxylic acid groups (broad SMARTS) is 1. The van der Waals surface area contributed by atoms with Gasteiger partial charge in [-0.1, -0.05) is 30.3 Å². The summed E-state index contributed by atoms with van der Waals surface area (Å²) in [5.74, 6) is -1.11. The first-order chi connectivity index (χ1) is 12.3. The number of carboxylic acids is 1. The largest absolute Gasteiger partial charge is 0.480 e. The van der Waals surface area contributed by atoms with Crippen LogP contribution in [-0.4, -0.2) is 66.2 Å². The van der Waals surface area contributed by atoms with E-state index in [9.17, 15) is 18.0 Å². The Bertz CT molecular complexity index is 714. The molecule has 0 unspecified atom stereocenters. The lowest BCUT2D eigenvalue weighted by molar-refractivity contribution is -0.138. The van der Waals surface area contributed by atoms with Crippen molar-refractivity contribution < 1.29 is 27.9 Å². The normalized spacial score (nSPS) is 16.2. The number of ether oxygens (including phenoxy) is 1. The fourth-order valence-corrected chi connectivity index (χ4v) is 4.04. The quantitative estimate of drug-likeness (QED) is 0.764. The summed E-state index contributed by atoms with van der Waals surface area (Å²) in [5, 5.41) is 9.11. The number of amides is 1.